The molecule has 0 radical (unpaired) electrons. The lowest BCUT2D eigenvalue weighted by Gasteiger charge is -2.10. The van der Waals surface area contributed by atoms with Gasteiger partial charge in [-0.3, -0.25) is 4.98 Å². The first-order chi connectivity index (χ1) is 13.1. The molecule has 0 saturated carbocycles. The van der Waals surface area contributed by atoms with Crippen LogP contribution >= 0.6 is 11.3 Å². The van der Waals surface area contributed by atoms with Crippen LogP contribution < -0.4 is 0 Å². The van der Waals surface area contributed by atoms with Crippen LogP contribution in [0.1, 0.15) is 12.6 Å². The molecule has 0 bridgehead atoms. The molecule has 4 aromatic rings. The molecule has 146 valence electrons. The maximum absolute atomic E-state index is 13.0. The predicted molar refractivity (Wildman–Crippen MR) is 99.9 cm³/mol. The van der Waals surface area contributed by atoms with Gasteiger partial charge in [0.1, 0.15) is 16.3 Å². The van der Waals surface area contributed by atoms with E-state index in [1.807, 2.05) is 0 Å². The summed E-state index contributed by atoms with van der Waals surface area (Å²) in [5, 5.41) is 2.44. The number of hydrogen-bond acceptors (Lipinski definition) is 6. The van der Waals surface area contributed by atoms with Crippen LogP contribution in [0.15, 0.2) is 34.8 Å². The maximum Gasteiger partial charge on any atom is 0.433 e. The number of alkyl halides is 3. The third-order valence-corrected chi connectivity index (χ3v) is 7.27. The smallest absolute Gasteiger partial charge is 0.324 e. The van der Waals surface area contributed by atoms with Gasteiger partial charge in [0.05, 0.1) is 27.7 Å². The SMILES string of the molecule is CCS(=O)(=O)c1c(-c2nc3cc(C(F)(F)F)ncc3n2C)ncc2ccsc12. The van der Waals surface area contributed by atoms with E-state index >= 15 is 0 Å². The highest BCUT2D eigenvalue weighted by atomic mass is 32.2. The van der Waals surface area contributed by atoms with Crippen LogP contribution in [0.25, 0.3) is 32.6 Å². The van der Waals surface area contributed by atoms with Crippen molar-refractivity contribution in [2.45, 2.75) is 18.0 Å². The Hall–Kier alpha value is -2.53. The van der Waals surface area contributed by atoms with Crippen molar-refractivity contribution in [2.24, 2.45) is 7.05 Å². The number of sulfone groups is 1. The average molecular weight is 426 g/mol. The number of aryl methyl sites for hydroxylation is 1. The summed E-state index contributed by atoms with van der Waals surface area (Å²) in [6.07, 6.45) is -1.99. The molecule has 0 N–H and O–H groups in total. The van der Waals surface area contributed by atoms with Crippen molar-refractivity contribution < 1.29 is 21.6 Å². The average Bonchev–Trinajstić information content (AvgIpc) is 3.24. The van der Waals surface area contributed by atoms with Gasteiger partial charge >= 0.3 is 6.18 Å². The molecule has 0 amide bonds. The summed E-state index contributed by atoms with van der Waals surface area (Å²) in [5.74, 6) is 0.0287. The highest BCUT2D eigenvalue weighted by molar-refractivity contribution is 7.91. The summed E-state index contributed by atoms with van der Waals surface area (Å²) in [4.78, 5) is 12.0. The lowest BCUT2D eigenvalue weighted by Crippen LogP contribution is -2.09. The molecule has 0 aromatic carbocycles. The lowest BCUT2D eigenvalue weighted by molar-refractivity contribution is -0.141. The number of hydrogen-bond donors (Lipinski definition) is 0. The van der Waals surface area contributed by atoms with Crippen molar-refractivity contribution in [3.63, 3.8) is 0 Å². The Morgan fingerprint density at radius 3 is 2.64 bits per heavy atom. The standard InChI is InChI=1S/C17H13F3N4O2S2/c1-3-28(25,26)15-13(22-7-9-4-5-27-14(9)15)16-23-10-6-12(17(18,19)20)21-8-11(10)24(16)2/h4-8H,3H2,1-2H3. The van der Waals surface area contributed by atoms with Gasteiger partial charge in [0.25, 0.3) is 0 Å². The van der Waals surface area contributed by atoms with Crippen molar-refractivity contribution >= 4 is 42.3 Å². The van der Waals surface area contributed by atoms with Crippen LogP contribution in [0.4, 0.5) is 13.2 Å². The second-order valence-corrected chi connectivity index (χ2v) is 9.23. The van der Waals surface area contributed by atoms with Gasteiger partial charge in [-0.05, 0) is 17.5 Å². The Morgan fingerprint density at radius 1 is 1.21 bits per heavy atom. The topological polar surface area (TPSA) is 77.7 Å². The molecule has 0 saturated heterocycles. The molecular formula is C17H13F3N4O2S2. The molecule has 0 unspecified atom stereocenters. The summed E-state index contributed by atoms with van der Waals surface area (Å²) in [5.41, 5.74) is -0.541. The van der Waals surface area contributed by atoms with Crippen molar-refractivity contribution in [3.05, 3.63) is 35.6 Å². The van der Waals surface area contributed by atoms with E-state index in [0.717, 1.165) is 12.3 Å². The van der Waals surface area contributed by atoms with E-state index in [1.165, 1.54) is 29.0 Å². The van der Waals surface area contributed by atoms with Crippen molar-refractivity contribution in [2.75, 3.05) is 5.75 Å². The van der Waals surface area contributed by atoms with Gasteiger partial charge in [0, 0.05) is 18.6 Å². The molecule has 6 nitrogen and oxygen atoms in total. The second-order valence-electron chi connectivity index (χ2n) is 6.09. The number of thiophene rings is 1. The molecule has 11 heteroatoms. The van der Waals surface area contributed by atoms with Crippen molar-refractivity contribution in [1.29, 1.82) is 0 Å². The number of rotatable bonds is 3. The van der Waals surface area contributed by atoms with Crippen LogP contribution in [0.2, 0.25) is 0 Å². The van der Waals surface area contributed by atoms with E-state index in [0.29, 0.717) is 15.6 Å². The summed E-state index contributed by atoms with van der Waals surface area (Å²) >= 11 is 1.27. The fraction of sp³-hybridized carbons (Fsp3) is 0.235. The molecule has 0 atom stereocenters. The Balaban J connectivity index is 2.04. The van der Waals surface area contributed by atoms with Crippen LogP contribution in [-0.2, 0) is 23.1 Å². The first-order valence-corrected chi connectivity index (χ1v) is 10.7. The fourth-order valence-corrected chi connectivity index (χ4v) is 5.42. The van der Waals surface area contributed by atoms with Gasteiger partial charge < -0.3 is 4.57 Å². The summed E-state index contributed by atoms with van der Waals surface area (Å²) in [7, 11) is -2.07. The summed E-state index contributed by atoms with van der Waals surface area (Å²) in [6, 6.07) is 2.61. The van der Waals surface area contributed by atoms with Crippen molar-refractivity contribution in [1.82, 2.24) is 19.5 Å². The Kier molecular flexibility index (Phi) is 4.19. The van der Waals surface area contributed by atoms with E-state index in [2.05, 4.69) is 15.0 Å². The molecule has 0 aliphatic rings. The van der Waals surface area contributed by atoms with E-state index in [-0.39, 0.29) is 27.7 Å². The first-order valence-electron chi connectivity index (χ1n) is 8.12. The maximum atomic E-state index is 13.0. The zero-order chi connectivity index (χ0) is 20.3. The minimum atomic E-state index is -4.60. The van der Waals surface area contributed by atoms with Crippen LogP contribution in [0.3, 0.4) is 0 Å². The number of halogens is 3. The monoisotopic (exact) mass is 426 g/mol. The van der Waals surface area contributed by atoms with Gasteiger partial charge in [0.15, 0.2) is 15.7 Å². The van der Waals surface area contributed by atoms with E-state index in [1.54, 1.807) is 18.5 Å². The number of nitrogens with zero attached hydrogens (tertiary/aromatic N) is 4. The van der Waals surface area contributed by atoms with E-state index in [4.69, 9.17) is 0 Å². The van der Waals surface area contributed by atoms with Gasteiger partial charge in [-0.15, -0.1) is 11.3 Å². The van der Waals surface area contributed by atoms with E-state index < -0.39 is 21.7 Å². The number of imidazole rings is 1. The largest absolute Gasteiger partial charge is 0.433 e. The van der Waals surface area contributed by atoms with E-state index in [9.17, 15) is 21.6 Å². The first kappa shape index (κ1) is 18.8. The molecule has 0 aliphatic heterocycles. The third-order valence-electron chi connectivity index (χ3n) is 4.41. The number of pyridine rings is 2. The van der Waals surface area contributed by atoms with Crippen molar-refractivity contribution in [3.8, 4) is 11.5 Å². The molecule has 0 aliphatic carbocycles. The van der Waals surface area contributed by atoms with Gasteiger partial charge in [-0.2, -0.15) is 13.2 Å². The summed E-state index contributed by atoms with van der Waals surface area (Å²) in [6.45, 7) is 1.53. The molecule has 4 rings (SSSR count). The molecule has 0 fully saturated rings. The van der Waals surface area contributed by atoms with Gasteiger partial charge in [-0.25, -0.2) is 18.4 Å². The van der Waals surface area contributed by atoms with Crippen LogP contribution in [0, 0.1) is 0 Å². The molecule has 28 heavy (non-hydrogen) atoms. The minimum Gasteiger partial charge on any atom is -0.324 e. The normalized spacial score (nSPS) is 12.9. The Labute approximate surface area is 161 Å². The lowest BCUT2D eigenvalue weighted by atomic mass is 10.3. The van der Waals surface area contributed by atoms with Gasteiger partial charge in [0.2, 0.25) is 0 Å². The highest BCUT2D eigenvalue weighted by Crippen LogP contribution is 2.36. The Bertz CT molecular complexity index is 1320. The summed E-state index contributed by atoms with van der Waals surface area (Å²) < 4.78 is 66.5. The van der Waals surface area contributed by atoms with Crippen LogP contribution in [-0.4, -0.2) is 33.7 Å². The zero-order valence-corrected chi connectivity index (χ0v) is 16.3. The number of aromatic nitrogens is 4. The third kappa shape index (κ3) is 2.85. The minimum absolute atomic E-state index is 0.0462. The zero-order valence-electron chi connectivity index (χ0n) is 14.6. The predicted octanol–water partition coefficient (Wildman–Crippen LogP) is 4.06. The van der Waals surface area contributed by atoms with Gasteiger partial charge in [-0.1, -0.05) is 6.92 Å². The molecule has 0 spiro atoms. The molecule has 4 aromatic heterocycles. The number of fused-ring (bicyclic) bond motifs is 2. The van der Waals surface area contributed by atoms with Crippen LogP contribution in [0.5, 0.6) is 0 Å². The highest BCUT2D eigenvalue weighted by Gasteiger charge is 2.33. The Morgan fingerprint density at radius 2 is 1.96 bits per heavy atom. The molecular weight excluding hydrogens is 413 g/mol. The molecule has 4 heterocycles. The quantitative estimate of drug-likeness (QED) is 0.494. The fourth-order valence-electron chi connectivity index (χ4n) is 2.95. The second kappa shape index (κ2) is 6.24.